The maximum Gasteiger partial charge on any atom is 0.203 e. The highest BCUT2D eigenvalue weighted by atomic mass is 16.5. The summed E-state index contributed by atoms with van der Waals surface area (Å²) in [6.45, 7) is 1.91. The third-order valence-corrected chi connectivity index (χ3v) is 3.94. The molecule has 3 aromatic rings. The van der Waals surface area contributed by atoms with Crippen molar-refractivity contribution in [2.75, 3.05) is 32.4 Å². The second kappa shape index (κ2) is 7.82. The van der Waals surface area contributed by atoms with Crippen molar-refractivity contribution >= 4 is 17.2 Å². The van der Waals surface area contributed by atoms with Gasteiger partial charge >= 0.3 is 0 Å². The topological polar surface area (TPSA) is 91.5 Å². The molecule has 0 atom stereocenters. The number of aryl methyl sites for hydroxylation is 1. The van der Waals surface area contributed by atoms with E-state index in [2.05, 4.69) is 15.3 Å². The van der Waals surface area contributed by atoms with Crippen molar-refractivity contribution in [3.63, 3.8) is 0 Å². The van der Waals surface area contributed by atoms with Gasteiger partial charge in [-0.2, -0.15) is 0 Å². The van der Waals surface area contributed by atoms with Crippen LogP contribution in [0.15, 0.2) is 42.5 Å². The van der Waals surface area contributed by atoms with Crippen LogP contribution in [0.4, 0.5) is 17.2 Å². The van der Waals surface area contributed by atoms with E-state index in [1.807, 2.05) is 49.4 Å². The number of nitrogens with two attached hydrogens (primary N) is 1. The van der Waals surface area contributed by atoms with Gasteiger partial charge in [0.05, 0.1) is 21.3 Å². The number of nitrogens with zero attached hydrogens (tertiary/aromatic N) is 2. The van der Waals surface area contributed by atoms with E-state index >= 15 is 0 Å². The van der Waals surface area contributed by atoms with Gasteiger partial charge in [-0.05, 0) is 19.1 Å². The molecular weight excluding hydrogens is 344 g/mol. The first-order chi connectivity index (χ1) is 13.0. The summed E-state index contributed by atoms with van der Waals surface area (Å²) in [6, 6.07) is 13.0. The molecule has 7 nitrogen and oxygen atoms in total. The molecule has 0 unspecified atom stereocenters. The standard InChI is InChI=1S/C20H22N4O3/c1-12-8-18(24-20(22-12)13-6-5-7-14(21)9-13)23-15-10-16(25-2)19(27-4)17(11-15)26-3/h5-11H,21H2,1-4H3,(H,22,23,24). The highest BCUT2D eigenvalue weighted by molar-refractivity contribution is 5.68. The Bertz CT molecular complexity index is 935. The summed E-state index contributed by atoms with van der Waals surface area (Å²) in [6.07, 6.45) is 0. The minimum absolute atomic E-state index is 0.532. The van der Waals surface area contributed by atoms with Crippen molar-refractivity contribution in [3.05, 3.63) is 48.2 Å². The van der Waals surface area contributed by atoms with Crippen molar-refractivity contribution in [3.8, 4) is 28.6 Å². The average Bonchev–Trinajstić information content (AvgIpc) is 2.66. The normalized spacial score (nSPS) is 10.4. The second-order valence-electron chi connectivity index (χ2n) is 5.88. The molecule has 140 valence electrons. The van der Waals surface area contributed by atoms with Crippen molar-refractivity contribution < 1.29 is 14.2 Å². The molecule has 27 heavy (non-hydrogen) atoms. The lowest BCUT2D eigenvalue weighted by atomic mass is 10.2. The number of anilines is 3. The Morgan fingerprint density at radius 2 is 1.59 bits per heavy atom. The second-order valence-corrected chi connectivity index (χ2v) is 5.88. The predicted molar refractivity (Wildman–Crippen MR) is 106 cm³/mol. The molecule has 0 radical (unpaired) electrons. The van der Waals surface area contributed by atoms with Gasteiger partial charge in [0.25, 0.3) is 0 Å². The monoisotopic (exact) mass is 366 g/mol. The fourth-order valence-corrected chi connectivity index (χ4v) is 2.74. The summed E-state index contributed by atoms with van der Waals surface area (Å²) in [7, 11) is 4.72. The lowest BCUT2D eigenvalue weighted by Gasteiger charge is -2.15. The number of aromatic nitrogens is 2. The van der Waals surface area contributed by atoms with E-state index in [-0.39, 0.29) is 0 Å². The number of benzene rings is 2. The molecule has 1 heterocycles. The van der Waals surface area contributed by atoms with E-state index in [4.69, 9.17) is 19.9 Å². The van der Waals surface area contributed by atoms with E-state index in [0.717, 1.165) is 16.9 Å². The summed E-state index contributed by atoms with van der Waals surface area (Å²) in [4.78, 5) is 9.11. The average molecular weight is 366 g/mol. The van der Waals surface area contributed by atoms with Crippen LogP contribution in [0.3, 0.4) is 0 Å². The Balaban J connectivity index is 1.99. The van der Waals surface area contributed by atoms with E-state index in [0.29, 0.717) is 34.6 Å². The van der Waals surface area contributed by atoms with Crippen LogP contribution in [0.25, 0.3) is 11.4 Å². The Morgan fingerprint density at radius 1 is 0.889 bits per heavy atom. The van der Waals surface area contributed by atoms with Crippen LogP contribution in [0.5, 0.6) is 17.2 Å². The molecule has 0 aliphatic heterocycles. The lowest BCUT2D eigenvalue weighted by molar-refractivity contribution is 0.324. The predicted octanol–water partition coefficient (Wildman–Crippen LogP) is 3.80. The van der Waals surface area contributed by atoms with Crippen molar-refractivity contribution in [2.45, 2.75) is 6.92 Å². The quantitative estimate of drug-likeness (QED) is 0.641. The lowest BCUT2D eigenvalue weighted by Crippen LogP contribution is -2.01. The molecular formula is C20H22N4O3. The van der Waals surface area contributed by atoms with Gasteiger partial charge in [0.2, 0.25) is 5.75 Å². The SMILES string of the molecule is COc1cc(Nc2cc(C)nc(-c3cccc(N)c3)n2)cc(OC)c1OC. The first-order valence-corrected chi connectivity index (χ1v) is 8.32. The number of hydrogen-bond donors (Lipinski definition) is 2. The highest BCUT2D eigenvalue weighted by Crippen LogP contribution is 2.40. The highest BCUT2D eigenvalue weighted by Gasteiger charge is 2.14. The first kappa shape index (κ1) is 18.3. The van der Waals surface area contributed by atoms with Gasteiger partial charge in [0, 0.05) is 40.8 Å². The molecule has 0 spiro atoms. The van der Waals surface area contributed by atoms with Crippen LogP contribution in [-0.2, 0) is 0 Å². The van der Waals surface area contributed by atoms with Crippen molar-refractivity contribution in [2.24, 2.45) is 0 Å². The largest absolute Gasteiger partial charge is 0.493 e. The maximum atomic E-state index is 5.88. The van der Waals surface area contributed by atoms with E-state index in [1.54, 1.807) is 21.3 Å². The van der Waals surface area contributed by atoms with Gasteiger partial charge in [0.15, 0.2) is 17.3 Å². The number of rotatable bonds is 6. The molecule has 0 amide bonds. The third-order valence-electron chi connectivity index (χ3n) is 3.94. The fraction of sp³-hybridized carbons (Fsp3) is 0.200. The minimum atomic E-state index is 0.532. The smallest absolute Gasteiger partial charge is 0.203 e. The van der Waals surface area contributed by atoms with Gasteiger partial charge in [-0.25, -0.2) is 9.97 Å². The summed E-state index contributed by atoms with van der Waals surface area (Å²) in [5.74, 6) is 2.89. The zero-order valence-corrected chi connectivity index (χ0v) is 15.7. The van der Waals surface area contributed by atoms with Crippen molar-refractivity contribution in [1.29, 1.82) is 0 Å². The molecule has 0 fully saturated rings. The van der Waals surface area contributed by atoms with Crippen LogP contribution in [-0.4, -0.2) is 31.3 Å². The summed E-state index contributed by atoms with van der Waals surface area (Å²) in [5.41, 5.74) is 8.97. The maximum absolute atomic E-state index is 5.88. The zero-order chi connectivity index (χ0) is 19.4. The molecule has 0 bridgehead atoms. The van der Waals surface area contributed by atoms with Crippen LogP contribution < -0.4 is 25.3 Å². The molecule has 0 saturated heterocycles. The van der Waals surface area contributed by atoms with Gasteiger partial charge in [-0.1, -0.05) is 12.1 Å². The number of nitrogens with one attached hydrogen (secondary N) is 1. The van der Waals surface area contributed by atoms with E-state index in [1.165, 1.54) is 0 Å². The Labute approximate surface area is 158 Å². The van der Waals surface area contributed by atoms with Gasteiger partial charge < -0.3 is 25.3 Å². The summed E-state index contributed by atoms with van der Waals surface area (Å²) in [5, 5.41) is 3.27. The Hall–Kier alpha value is -3.48. The number of methoxy groups -OCH3 is 3. The van der Waals surface area contributed by atoms with Gasteiger partial charge in [0.1, 0.15) is 5.82 Å². The molecule has 1 aromatic heterocycles. The molecule has 0 saturated carbocycles. The van der Waals surface area contributed by atoms with Gasteiger partial charge in [-0.15, -0.1) is 0 Å². The van der Waals surface area contributed by atoms with Gasteiger partial charge in [-0.3, -0.25) is 0 Å². The van der Waals surface area contributed by atoms with Crippen LogP contribution in [0.1, 0.15) is 5.69 Å². The Kier molecular flexibility index (Phi) is 5.30. The molecule has 3 rings (SSSR count). The number of ether oxygens (including phenoxy) is 3. The van der Waals surface area contributed by atoms with Crippen LogP contribution in [0, 0.1) is 6.92 Å². The minimum Gasteiger partial charge on any atom is -0.493 e. The third kappa shape index (κ3) is 4.03. The fourth-order valence-electron chi connectivity index (χ4n) is 2.74. The molecule has 3 N–H and O–H groups in total. The Morgan fingerprint density at radius 3 is 2.19 bits per heavy atom. The van der Waals surface area contributed by atoms with E-state index in [9.17, 15) is 0 Å². The number of nitrogen functional groups attached to an aromatic ring is 1. The first-order valence-electron chi connectivity index (χ1n) is 8.32. The van der Waals surface area contributed by atoms with E-state index < -0.39 is 0 Å². The molecule has 0 aliphatic rings. The summed E-state index contributed by atoms with van der Waals surface area (Å²) < 4.78 is 16.1. The molecule has 7 heteroatoms. The van der Waals surface area contributed by atoms with Crippen LogP contribution in [0.2, 0.25) is 0 Å². The number of hydrogen-bond acceptors (Lipinski definition) is 7. The molecule has 2 aromatic carbocycles. The zero-order valence-electron chi connectivity index (χ0n) is 15.7. The summed E-state index contributed by atoms with van der Waals surface area (Å²) >= 11 is 0. The van der Waals surface area contributed by atoms with Crippen molar-refractivity contribution in [1.82, 2.24) is 9.97 Å². The van der Waals surface area contributed by atoms with Crippen LogP contribution >= 0.6 is 0 Å². The molecule has 0 aliphatic carbocycles.